The van der Waals surface area contributed by atoms with Crippen molar-refractivity contribution in [2.24, 2.45) is 5.92 Å². The van der Waals surface area contributed by atoms with Gasteiger partial charge in [0.15, 0.2) is 11.5 Å². The molecule has 0 aromatic heterocycles. The predicted octanol–water partition coefficient (Wildman–Crippen LogP) is 3.07. The summed E-state index contributed by atoms with van der Waals surface area (Å²) in [6, 6.07) is 5.62. The van der Waals surface area contributed by atoms with E-state index in [0.29, 0.717) is 24.0 Å². The summed E-state index contributed by atoms with van der Waals surface area (Å²) in [5.74, 6) is 2.02. The van der Waals surface area contributed by atoms with Gasteiger partial charge < -0.3 is 14.4 Å². The molecule has 142 valence electrons. The van der Waals surface area contributed by atoms with E-state index >= 15 is 0 Å². The molecular formula is C21H30N2O3. The van der Waals surface area contributed by atoms with Crippen LogP contribution in [-0.2, 0) is 4.79 Å². The van der Waals surface area contributed by atoms with Crippen molar-refractivity contribution in [3.8, 4) is 11.5 Å². The number of hydrogen-bond acceptors (Lipinski definition) is 4. The lowest BCUT2D eigenvalue weighted by molar-refractivity contribution is -0.127. The minimum atomic E-state index is 0.0557. The minimum Gasteiger partial charge on any atom is -0.493 e. The molecule has 1 aliphatic rings. The first-order chi connectivity index (χ1) is 12.5. The topological polar surface area (TPSA) is 42.0 Å². The number of carbonyl (C=O) groups excluding carboxylic acids is 1. The molecule has 0 atom stereocenters. The molecule has 5 heteroatoms. The van der Waals surface area contributed by atoms with Crippen LogP contribution in [0, 0.1) is 5.92 Å². The van der Waals surface area contributed by atoms with Gasteiger partial charge in [-0.1, -0.05) is 32.6 Å². The molecule has 0 bridgehead atoms. The summed E-state index contributed by atoms with van der Waals surface area (Å²) in [6.07, 6.45) is 5.15. The summed E-state index contributed by atoms with van der Waals surface area (Å²) in [5.41, 5.74) is 0.902. The molecule has 2 rings (SSSR count). The third kappa shape index (κ3) is 5.92. The van der Waals surface area contributed by atoms with Crippen molar-refractivity contribution >= 4 is 12.0 Å². The Bertz CT molecular complexity index is 632. The fourth-order valence-electron chi connectivity index (χ4n) is 3.00. The number of carbonyl (C=O) groups is 1. The van der Waals surface area contributed by atoms with Crippen LogP contribution in [0.25, 0.3) is 6.08 Å². The zero-order chi connectivity index (χ0) is 18.9. The minimum absolute atomic E-state index is 0.0557. The van der Waals surface area contributed by atoms with Crippen molar-refractivity contribution in [1.29, 1.82) is 0 Å². The highest BCUT2D eigenvalue weighted by Gasteiger charge is 2.19. The smallest absolute Gasteiger partial charge is 0.246 e. The normalized spacial score (nSPS) is 15.5. The van der Waals surface area contributed by atoms with Crippen molar-refractivity contribution in [2.45, 2.75) is 13.8 Å². The van der Waals surface area contributed by atoms with Crippen molar-refractivity contribution in [3.63, 3.8) is 0 Å². The van der Waals surface area contributed by atoms with Gasteiger partial charge in [0, 0.05) is 38.8 Å². The highest BCUT2D eigenvalue weighted by molar-refractivity contribution is 5.92. The summed E-state index contributed by atoms with van der Waals surface area (Å²) in [4.78, 5) is 16.7. The van der Waals surface area contributed by atoms with Gasteiger partial charge in [0.2, 0.25) is 5.91 Å². The molecule has 0 aliphatic carbocycles. The highest BCUT2D eigenvalue weighted by Crippen LogP contribution is 2.28. The monoisotopic (exact) mass is 358 g/mol. The van der Waals surface area contributed by atoms with Crippen LogP contribution < -0.4 is 9.47 Å². The van der Waals surface area contributed by atoms with Gasteiger partial charge >= 0.3 is 0 Å². The summed E-state index contributed by atoms with van der Waals surface area (Å²) in [7, 11) is 1.60. The van der Waals surface area contributed by atoms with E-state index in [2.05, 4.69) is 25.3 Å². The maximum Gasteiger partial charge on any atom is 0.246 e. The first-order valence-electron chi connectivity index (χ1n) is 9.14. The maximum atomic E-state index is 12.4. The molecular weight excluding hydrogens is 328 g/mol. The fraction of sp³-hybridized carbons (Fsp3) is 0.476. The molecule has 5 nitrogen and oxygen atoms in total. The van der Waals surface area contributed by atoms with E-state index in [9.17, 15) is 4.79 Å². The van der Waals surface area contributed by atoms with E-state index < -0.39 is 0 Å². The van der Waals surface area contributed by atoms with Gasteiger partial charge in [-0.05, 0) is 29.7 Å². The van der Waals surface area contributed by atoms with Crippen molar-refractivity contribution in [2.75, 3.05) is 46.4 Å². The Morgan fingerprint density at radius 1 is 1.23 bits per heavy atom. The lowest BCUT2D eigenvalue weighted by atomic mass is 10.1. The van der Waals surface area contributed by atoms with E-state index in [1.165, 1.54) is 0 Å². The van der Waals surface area contributed by atoms with Crippen LogP contribution in [-0.4, -0.2) is 62.1 Å². The highest BCUT2D eigenvalue weighted by atomic mass is 16.5. The van der Waals surface area contributed by atoms with Gasteiger partial charge in [-0.3, -0.25) is 9.69 Å². The Labute approximate surface area is 156 Å². The standard InChI is InChI=1S/C21H30N2O3/c1-5-14-26-19-8-6-18(15-20(19)25-4)7-9-21(24)23-12-10-22(11-13-23)16-17(2)3/h5-9,15,17H,1,10-14,16H2,2-4H3/b9-7+. The second-order valence-corrected chi connectivity index (χ2v) is 6.86. The molecule has 0 saturated carbocycles. The van der Waals surface area contributed by atoms with Crippen LogP contribution in [0.2, 0.25) is 0 Å². The van der Waals surface area contributed by atoms with Gasteiger partial charge in [-0.15, -0.1) is 0 Å². The SMILES string of the molecule is C=CCOc1ccc(/C=C/C(=O)N2CCN(CC(C)C)CC2)cc1OC. The third-order valence-electron chi connectivity index (χ3n) is 4.27. The second-order valence-electron chi connectivity index (χ2n) is 6.86. The van der Waals surface area contributed by atoms with Crippen LogP contribution in [0.5, 0.6) is 11.5 Å². The molecule has 0 spiro atoms. The lowest BCUT2D eigenvalue weighted by Gasteiger charge is -2.35. The number of methoxy groups -OCH3 is 1. The summed E-state index contributed by atoms with van der Waals surface area (Å²) < 4.78 is 10.9. The molecule has 1 aliphatic heterocycles. The molecule has 1 saturated heterocycles. The van der Waals surface area contributed by atoms with E-state index in [1.807, 2.05) is 29.2 Å². The fourth-order valence-corrected chi connectivity index (χ4v) is 3.00. The van der Waals surface area contributed by atoms with Crippen molar-refractivity contribution < 1.29 is 14.3 Å². The molecule has 1 aromatic carbocycles. The zero-order valence-corrected chi connectivity index (χ0v) is 16.1. The number of hydrogen-bond donors (Lipinski definition) is 0. The van der Waals surface area contributed by atoms with Crippen molar-refractivity contribution in [1.82, 2.24) is 9.80 Å². The van der Waals surface area contributed by atoms with Crippen LogP contribution in [0.3, 0.4) is 0 Å². The number of ether oxygens (including phenoxy) is 2. The van der Waals surface area contributed by atoms with Gasteiger partial charge in [-0.2, -0.15) is 0 Å². The summed E-state index contributed by atoms with van der Waals surface area (Å²) in [6.45, 7) is 13.1. The molecule has 1 amide bonds. The van der Waals surface area contributed by atoms with Gasteiger partial charge in [0.1, 0.15) is 6.61 Å². The molecule has 0 unspecified atom stereocenters. The van der Waals surface area contributed by atoms with E-state index in [1.54, 1.807) is 19.3 Å². The molecule has 1 heterocycles. The van der Waals surface area contributed by atoms with Crippen LogP contribution >= 0.6 is 0 Å². The Balaban J connectivity index is 1.92. The van der Waals surface area contributed by atoms with E-state index in [-0.39, 0.29) is 5.91 Å². The summed E-state index contributed by atoms with van der Waals surface area (Å²) in [5, 5.41) is 0. The zero-order valence-electron chi connectivity index (χ0n) is 16.1. The Hall–Kier alpha value is -2.27. The Morgan fingerprint density at radius 3 is 2.58 bits per heavy atom. The molecule has 1 aromatic rings. The number of piperazine rings is 1. The van der Waals surface area contributed by atoms with E-state index in [0.717, 1.165) is 38.3 Å². The summed E-state index contributed by atoms with van der Waals surface area (Å²) >= 11 is 0. The van der Waals surface area contributed by atoms with E-state index in [4.69, 9.17) is 9.47 Å². The molecule has 0 N–H and O–H groups in total. The number of nitrogens with zero attached hydrogens (tertiary/aromatic N) is 2. The van der Waals surface area contributed by atoms with Crippen LogP contribution in [0.4, 0.5) is 0 Å². The molecule has 0 radical (unpaired) electrons. The average Bonchev–Trinajstić information content (AvgIpc) is 2.64. The van der Waals surface area contributed by atoms with Gasteiger partial charge in [0.25, 0.3) is 0 Å². The maximum absolute atomic E-state index is 12.4. The Kier molecular flexibility index (Phi) is 7.73. The molecule has 26 heavy (non-hydrogen) atoms. The predicted molar refractivity (Wildman–Crippen MR) is 106 cm³/mol. The quantitative estimate of drug-likeness (QED) is 0.529. The average molecular weight is 358 g/mol. The number of benzene rings is 1. The number of amides is 1. The second kappa shape index (κ2) is 10.0. The first kappa shape index (κ1) is 20.0. The molecule has 1 fully saturated rings. The van der Waals surface area contributed by atoms with Gasteiger partial charge in [0.05, 0.1) is 7.11 Å². The largest absolute Gasteiger partial charge is 0.493 e. The first-order valence-corrected chi connectivity index (χ1v) is 9.14. The lowest BCUT2D eigenvalue weighted by Crippen LogP contribution is -2.49. The van der Waals surface area contributed by atoms with Crippen LogP contribution in [0.1, 0.15) is 19.4 Å². The van der Waals surface area contributed by atoms with Gasteiger partial charge in [-0.25, -0.2) is 0 Å². The third-order valence-corrected chi connectivity index (χ3v) is 4.27. The van der Waals surface area contributed by atoms with Crippen LogP contribution in [0.15, 0.2) is 36.9 Å². The Morgan fingerprint density at radius 2 is 1.96 bits per heavy atom. The van der Waals surface area contributed by atoms with Crippen molar-refractivity contribution in [3.05, 3.63) is 42.5 Å². The number of rotatable bonds is 8.